The third kappa shape index (κ3) is 3.06. The molecule has 3 nitrogen and oxygen atoms in total. The van der Waals surface area contributed by atoms with Crippen LogP contribution in [0.4, 0.5) is 11.4 Å². The summed E-state index contributed by atoms with van der Waals surface area (Å²) >= 11 is 6.00. The van der Waals surface area contributed by atoms with Crippen molar-refractivity contribution in [2.24, 2.45) is 4.99 Å². The van der Waals surface area contributed by atoms with Crippen LogP contribution in [0.3, 0.4) is 0 Å². The Morgan fingerprint density at radius 1 is 0.840 bits per heavy atom. The molecule has 0 atom stereocenters. The van der Waals surface area contributed by atoms with Crippen LogP contribution in [0.1, 0.15) is 15.9 Å². The predicted octanol–water partition coefficient (Wildman–Crippen LogP) is 5.12. The molecule has 3 aromatic carbocycles. The number of halogens is 1. The van der Waals surface area contributed by atoms with Gasteiger partial charge in [-0.3, -0.25) is 9.79 Å². The van der Waals surface area contributed by atoms with Crippen molar-refractivity contribution in [1.29, 1.82) is 0 Å². The molecule has 0 spiro atoms. The lowest BCUT2D eigenvalue weighted by Crippen LogP contribution is -2.34. The maximum atomic E-state index is 13.1. The number of carbonyl (C=O) groups excluding carboxylic acids is 1. The summed E-state index contributed by atoms with van der Waals surface area (Å²) in [6, 6.07) is 24.7. The predicted molar refractivity (Wildman–Crippen MR) is 102 cm³/mol. The number of carbonyl (C=O) groups is 1. The Hall–Kier alpha value is -2.91. The van der Waals surface area contributed by atoms with Crippen molar-refractivity contribution in [1.82, 2.24) is 0 Å². The zero-order valence-corrected chi connectivity index (χ0v) is 14.1. The van der Waals surface area contributed by atoms with E-state index in [1.165, 1.54) is 0 Å². The third-order valence-corrected chi connectivity index (χ3v) is 4.44. The van der Waals surface area contributed by atoms with E-state index < -0.39 is 0 Å². The van der Waals surface area contributed by atoms with Gasteiger partial charge in [0.25, 0.3) is 5.91 Å². The van der Waals surface area contributed by atoms with E-state index in [1.54, 1.807) is 17.0 Å². The van der Waals surface area contributed by atoms with Crippen LogP contribution in [0.15, 0.2) is 83.9 Å². The first-order valence-corrected chi connectivity index (χ1v) is 8.39. The van der Waals surface area contributed by atoms with Gasteiger partial charge in [-0.05, 0) is 42.0 Å². The molecule has 1 aliphatic rings. The van der Waals surface area contributed by atoms with E-state index in [0.717, 1.165) is 17.0 Å². The fourth-order valence-corrected chi connectivity index (χ4v) is 3.04. The Morgan fingerprint density at radius 3 is 2.28 bits per heavy atom. The molecule has 0 aromatic heterocycles. The highest BCUT2D eigenvalue weighted by atomic mass is 35.5. The second-order valence-corrected chi connectivity index (χ2v) is 6.25. The summed E-state index contributed by atoms with van der Waals surface area (Å²) in [6.07, 6.45) is 0. The van der Waals surface area contributed by atoms with Crippen molar-refractivity contribution >= 4 is 34.6 Å². The molecule has 0 bridgehead atoms. The number of benzene rings is 3. The molecule has 0 saturated heterocycles. The Bertz CT molecular complexity index is 949. The molecule has 0 fully saturated rings. The van der Waals surface area contributed by atoms with Crippen molar-refractivity contribution < 1.29 is 4.79 Å². The third-order valence-electron chi connectivity index (χ3n) is 4.19. The zero-order chi connectivity index (χ0) is 17.2. The summed E-state index contributed by atoms with van der Waals surface area (Å²) in [6.45, 7) is 0.402. The average Bonchev–Trinajstić information content (AvgIpc) is 2.80. The molecule has 25 heavy (non-hydrogen) atoms. The monoisotopic (exact) mass is 346 g/mol. The number of aliphatic imine (C=N–C) groups is 1. The summed E-state index contributed by atoms with van der Waals surface area (Å²) in [5.74, 6) is -0.0624. The lowest BCUT2D eigenvalue weighted by Gasteiger charge is -2.22. The largest absolute Gasteiger partial charge is 0.302 e. The molecular formula is C21H15ClN2O. The minimum atomic E-state index is -0.0624. The van der Waals surface area contributed by atoms with Gasteiger partial charge in [0.15, 0.2) is 0 Å². The second kappa shape index (κ2) is 6.54. The van der Waals surface area contributed by atoms with E-state index in [1.807, 2.05) is 66.7 Å². The first-order valence-electron chi connectivity index (χ1n) is 8.02. The minimum Gasteiger partial charge on any atom is -0.302 e. The summed E-state index contributed by atoms with van der Waals surface area (Å²) in [5, 5.41) is 0.642. The number of para-hydroxylation sites is 1. The fraction of sp³-hybridized carbons (Fsp3) is 0.0476. The van der Waals surface area contributed by atoms with Gasteiger partial charge < -0.3 is 4.90 Å². The van der Waals surface area contributed by atoms with Gasteiger partial charge in [-0.25, -0.2) is 0 Å². The van der Waals surface area contributed by atoms with Crippen molar-refractivity contribution in [3.63, 3.8) is 0 Å². The number of rotatable bonds is 2. The number of hydrogen-bond donors (Lipinski definition) is 0. The number of fused-ring (bicyclic) bond motifs is 1. The summed E-state index contributed by atoms with van der Waals surface area (Å²) in [4.78, 5) is 19.6. The van der Waals surface area contributed by atoms with E-state index in [0.29, 0.717) is 22.8 Å². The van der Waals surface area contributed by atoms with Crippen LogP contribution in [0, 0.1) is 0 Å². The number of anilines is 1. The lowest BCUT2D eigenvalue weighted by atomic mass is 10.1. The van der Waals surface area contributed by atoms with Crippen LogP contribution in [0.2, 0.25) is 5.02 Å². The van der Waals surface area contributed by atoms with Gasteiger partial charge in [-0.1, -0.05) is 54.1 Å². The molecule has 4 rings (SSSR count). The highest BCUT2D eigenvalue weighted by molar-refractivity contribution is 6.30. The van der Waals surface area contributed by atoms with E-state index >= 15 is 0 Å². The number of nitrogens with zero attached hydrogens (tertiary/aromatic N) is 2. The number of hydrogen-bond acceptors (Lipinski definition) is 2. The van der Waals surface area contributed by atoms with Crippen molar-refractivity contribution in [2.75, 3.05) is 11.4 Å². The van der Waals surface area contributed by atoms with Gasteiger partial charge in [-0.2, -0.15) is 0 Å². The smallest absolute Gasteiger partial charge is 0.260 e. The van der Waals surface area contributed by atoms with Gasteiger partial charge in [-0.15, -0.1) is 0 Å². The maximum absolute atomic E-state index is 13.1. The van der Waals surface area contributed by atoms with Crippen LogP contribution in [-0.2, 0) is 0 Å². The maximum Gasteiger partial charge on any atom is 0.260 e. The topological polar surface area (TPSA) is 32.7 Å². The summed E-state index contributed by atoms with van der Waals surface area (Å²) in [5.41, 5.74) is 3.96. The normalized spacial score (nSPS) is 13.9. The van der Waals surface area contributed by atoms with Gasteiger partial charge in [0.05, 0.1) is 23.5 Å². The minimum absolute atomic E-state index is 0.0624. The van der Waals surface area contributed by atoms with Crippen LogP contribution < -0.4 is 4.90 Å². The van der Waals surface area contributed by atoms with Crippen molar-refractivity contribution in [2.45, 2.75) is 0 Å². The average molecular weight is 347 g/mol. The first-order chi connectivity index (χ1) is 12.2. The van der Waals surface area contributed by atoms with Crippen LogP contribution in [-0.4, -0.2) is 18.2 Å². The molecule has 1 aliphatic heterocycles. The highest BCUT2D eigenvalue weighted by Crippen LogP contribution is 2.29. The van der Waals surface area contributed by atoms with Crippen molar-refractivity contribution in [3.05, 3.63) is 95.0 Å². The van der Waals surface area contributed by atoms with Crippen LogP contribution in [0.25, 0.3) is 0 Å². The molecule has 0 unspecified atom stereocenters. The Balaban J connectivity index is 1.86. The van der Waals surface area contributed by atoms with E-state index in [-0.39, 0.29) is 5.91 Å². The molecule has 4 heteroatoms. The van der Waals surface area contributed by atoms with Crippen LogP contribution >= 0.6 is 11.6 Å². The highest BCUT2D eigenvalue weighted by Gasteiger charge is 2.25. The van der Waals surface area contributed by atoms with Gasteiger partial charge in [0, 0.05) is 10.7 Å². The quantitative estimate of drug-likeness (QED) is 0.633. The molecule has 0 N–H and O–H groups in total. The SMILES string of the molecule is O=C1c2ccccc2N=C(c2ccccc2)CN1c1ccc(Cl)cc1. The number of amides is 1. The lowest BCUT2D eigenvalue weighted by molar-refractivity contribution is 0.0992. The fourth-order valence-electron chi connectivity index (χ4n) is 2.92. The first kappa shape index (κ1) is 15.6. The van der Waals surface area contributed by atoms with Crippen LogP contribution in [0.5, 0.6) is 0 Å². The molecule has 122 valence electrons. The van der Waals surface area contributed by atoms with Crippen molar-refractivity contribution in [3.8, 4) is 0 Å². The molecule has 3 aromatic rings. The standard InChI is InChI=1S/C21H15ClN2O/c22-16-10-12-17(13-11-16)24-14-20(15-6-2-1-3-7-15)23-19-9-5-4-8-18(19)21(24)25/h1-13H,14H2. The second-order valence-electron chi connectivity index (χ2n) is 5.81. The summed E-state index contributed by atoms with van der Waals surface area (Å²) in [7, 11) is 0. The molecule has 0 radical (unpaired) electrons. The molecule has 0 aliphatic carbocycles. The molecule has 0 saturated carbocycles. The van der Waals surface area contributed by atoms with E-state index in [4.69, 9.17) is 16.6 Å². The molecular weight excluding hydrogens is 332 g/mol. The Labute approximate surface area is 151 Å². The van der Waals surface area contributed by atoms with Gasteiger partial charge in [0.1, 0.15) is 0 Å². The van der Waals surface area contributed by atoms with Gasteiger partial charge in [0.2, 0.25) is 0 Å². The summed E-state index contributed by atoms with van der Waals surface area (Å²) < 4.78 is 0. The van der Waals surface area contributed by atoms with E-state index in [2.05, 4.69) is 0 Å². The Kier molecular flexibility index (Phi) is 4.08. The Morgan fingerprint density at radius 2 is 1.52 bits per heavy atom. The molecule has 1 amide bonds. The zero-order valence-electron chi connectivity index (χ0n) is 13.4. The van der Waals surface area contributed by atoms with Gasteiger partial charge >= 0.3 is 0 Å². The van der Waals surface area contributed by atoms with E-state index in [9.17, 15) is 4.79 Å². The molecule has 1 heterocycles.